The first-order valence-corrected chi connectivity index (χ1v) is 7.00. The molecule has 0 radical (unpaired) electrons. The second kappa shape index (κ2) is 7.48. The number of hydrogen-bond donors (Lipinski definition) is 0. The van der Waals surface area contributed by atoms with E-state index in [-0.39, 0.29) is 19.3 Å². The van der Waals surface area contributed by atoms with E-state index in [1.807, 2.05) is 0 Å². The van der Waals surface area contributed by atoms with Crippen molar-refractivity contribution >= 4 is 11.9 Å². The predicted octanol–water partition coefficient (Wildman–Crippen LogP) is 2.08. The highest BCUT2D eigenvalue weighted by molar-refractivity contribution is 5.99. The van der Waals surface area contributed by atoms with Gasteiger partial charge in [0.05, 0.1) is 19.3 Å². The molecule has 5 heteroatoms. The van der Waals surface area contributed by atoms with E-state index < -0.39 is 17.4 Å². The Balaban J connectivity index is 2.77. The molecule has 110 valence electrons. The molecule has 1 heterocycles. The molecule has 1 atom stereocenters. The van der Waals surface area contributed by atoms with Crippen molar-refractivity contribution in [1.82, 2.24) is 0 Å². The Kier molecular flexibility index (Phi) is 6.28. The highest BCUT2D eigenvalue weighted by Crippen LogP contribution is 2.31. The Morgan fingerprint density at radius 1 is 1.16 bits per heavy atom. The third-order valence-corrected chi connectivity index (χ3v) is 3.36. The molecule has 1 aliphatic heterocycles. The van der Waals surface area contributed by atoms with E-state index in [0.717, 1.165) is 19.3 Å². The molecule has 0 aromatic carbocycles. The lowest BCUT2D eigenvalue weighted by molar-refractivity contribution is -0.174. The molecule has 0 bridgehead atoms. The van der Waals surface area contributed by atoms with E-state index in [0.29, 0.717) is 13.0 Å². The molecule has 0 spiro atoms. The topological polar surface area (TPSA) is 61.8 Å². The largest absolute Gasteiger partial charge is 0.465 e. The quantitative estimate of drug-likeness (QED) is 0.547. The van der Waals surface area contributed by atoms with Crippen LogP contribution in [0.1, 0.15) is 46.5 Å². The second-order valence-electron chi connectivity index (χ2n) is 4.97. The van der Waals surface area contributed by atoms with Crippen LogP contribution in [-0.2, 0) is 23.8 Å². The van der Waals surface area contributed by atoms with Crippen LogP contribution < -0.4 is 0 Å². The standard InChI is InChI=1S/C14H24O5/c1-4-17-12(15)14(3,13(16)18-5-2)10-11-8-6-7-9-19-11/h11H,4-10H2,1-3H3. The molecule has 5 nitrogen and oxygen atoms in total. The summed E-state index contributed by atoms with van der Waals surface area (Å²) in [5, 5.41) is 0. The zero-order valence-corrected chi connectivity index (χ0v) is 12.1. The fraction of sp³-hybridized carbons (Fsp3) is 0.857. The van der Waals surface area contributed by atoms with Crippen molar-refractivity contribution < 1.29 is 23.8 Å². The van der Waals surface area contributed by atoms with E-state index in [4.69, 9.17) is 14.2 Å². The molecule has 1 saturated heterocycles. The van der Waals surface area contributed by atoms with Crippen molar-refractivity contribution in [1.29, 1.82) is 0 Å². The maximum Gasteiger partial charge on any atom is 0.323 e. The zero-order chi connectivity index (χ0) is 14.3. The fourth-order valence-electron chi connectivity index (χ4n) is 2.25. The van der Waals surface area contributed by atoms with Crippen LogP contribution in [0.3, 0.4) is 0 Å². The van der Waals surface area contributed by atoms with E-state index in [2.05, 4.69) is 0 Å². The molecule has 0 saturated carbocycles. The second-order valence-corrected chi connectivity index (χ2v) is 4.97. The monoisotopic (exact) mass is 272 g/mol. The summed E-state index contributed by atoms with van der Waals surface area (Å²) in [6, 6.07) is 0. The van der Waals surface area contributed by atoms with Gasteiger partial charge in [-0.15, -0.1) is 0 Å². The molecule has 0 aliphatic carbocycles. The summed E-state index contributed by atoms with van der Waals surface area (Å²) in [6.45, 7) is 6.22. The SMILES string of the molecule is CCOC(=O)C(C)(CC1CCCCO1)C(=O)OCC. The molecule has 0 aromatic heterocycles. The van der Waals surface area contributed by atoms with Gasteiger partial charge < -0.3 is 14.2 Å². The van der Waals surface area contributed by atoms with Crippen LogP contribution in [0.15, 0.2) is 0 Å². The van der Waals surface area contributed by atoms with Crippen LogP contribution >= 0.6 is 0 Å². The maximum absolute atomic E-state index is 12.1. The van der Waals surface area contributed by atoms with E-state index in [9.17, 15) is 9.59 Å². The summed E-state index contributed by atoms with van der Waals surface area (Å²) in [7, 11) is 0. The van der Waals surface area contributed by atoms with Crippen LogP contribution in [0.2, 0.25) is 0 Å². The third kappa shape index (κ3) is 4.20. The molecule has 0 amide bonds. The first-order chi connectivity index (χ1) is 9.04. The Morgan fingerprint density at radius 3 is 2.16 bits per heavy atom. The average Bonchev–Trinajstić information content (AvgIpc) is 2.40. The van der Waals surface area contributed by atoms with Crippen molar-refractivity contribution in [2.45, 2.75) is 52.6 Å². The Labute approximate surface area is 114 Å². The van der Waals surface area contributed by atoms with Crippen molar-refractivity contribution in [3.63, 3.8) is 0 Å². The van der Waals surface area contributed by atoms with Gasteiger partial charge in [-0.2, -0.15) is 0 Å². The van der Waals surface area contributed by atoms with Crippen molar-refractivity contribution in [3.05, 3.63) is 0 Å². The van der Waals surface area contributed by atoms with Gasteiger partial charge in [-0.3, -0.25) is 9.59 Å². The van der Waals surface area contributed by atoms with Crippen LogP contribution in [-0.4, -0.2) is 37.9 Å². The molecule has 1 aliphatic rings. The molecule has 1 rings (SSSR count). The molecular formula is C14H24O5. The summed E-state index contributed by atoms with van der Waals surface area (Å²) in [4.78, 5) is 24.2. The van der Waals surface area contributed by atoms with Gasteiger partial charge >= 0.3 is 11.9 Å². The van der Waals surface area contributed by atoms with Gasteiger partial charge in [0.25, 0.3) is 0 Å². The first kappa shape index (κ1) is 16.0. The van der Waals surface area contributed by atoms with E-state index in [1.54, 1.807) is 20.8 Å². The lowest BCUT2D eigenvalue weighted by Crippen LogP contribution is -2.43. The third-order valence-electron chi connectivity index (χ3n) is 3.36. The van der Waals surface area contributed by atoms with Gasteiger partial charge in [0, 0.05) is 13.0 Å². The molecular weight excluding hydrogens is 248 g/mol. The van der Waals surface area contributed by atoms with Crippen LogP contribution in [0.25, 0.3) is 0 Å². The van der Waals surface area contributed by atoms with E-state index in [1.165, 1.54) is 0 Å². The number of ether oxygens (including phenoxy) is 3. The first-order valence-electron chi connectivity index (χ1n) is 7.00. The van der Waals surface area contributed by atoms with Gasteiger partial charge in [-0.05, 0) is 40.0 Å². The number of rotatable bonds is 6. The van der Waals surface area contributed by atoms with Gasteiger partial charge in [-0.1, -0.05) is 0 Å². The zero-order valence-electron chi connectivity index (χ0n) is 12.1. The lowest BCUT2D eigenvalue weighted by Gasteiger charge is -2.31. The minimum Gasteiger partial charge on any atom is -0.465 e. The summed E-state index contributed by atoms with van der Waals surface area (Å²) >= 11 is 0. The number of esters is 2. The van der Waals surface area contributed by atoms with Gasteiger partial charge in [0.15, 0.2) is 5.41 Å². The van der Waals surface area contributed by atoms with Gasteiger partial charge in [0.2, 0.25) is 0 Å². The molecule has 0 aromatic rings. The van der Waals surface area contributed by atoms with Crippen molar-refractivity contribution in [3.8, 4) is 0 Å². The Hall–Kier alpha value is -1.10. The van der Waals surface area contributed by atoms with Gasteiger partial charge in [-0.25, -0.2) is 0 Å². The number of carbonyl (C=O) groups excluding carboxylic acids is 2. The number of hydrogen-bond acceptors (Lipinski definition) is 5. The smallest absolute Gasteiger partial charge is 0.323 e. The van der Waals surface area contributed by atoms with E-state index >= 15 is 0 Å². The molecule has 1 unspecified atom stereocenters. The van der Waals surface area contributed by atoms with Crippen molar-refractivity contribution in [2.75, 3.05) is 19.8 Å². The molecule has 0 N–H and O–H groups in total. The lowest BCUT2D eigenvalue weighted by atomic mass is 9.82. The minimum absolute atomic E-state index is 0.0763. The maximum atomic E-state index is 12.1. The average molecular weight is 272 g/mol. The highest BCUT2D eigenvalue weighted by atomic mass is 16.6. The summed E-state index contributed by atoms with van der Waals surface area (Å²) in [6.07, 6.45) is 3.21. The van der Waals surface area contributed by atoms with Gasteiger partial charge in [0.1, 0.15) is 0 Å². The van der Waals surface area contributed by atoms with Crippen LogP contribution in [0.5, 0.6) is 0 Å². The van der Waals surface area contributed by atoms with Crippen molar-refractivity contribution in [2.24, 2.45) is 5.41 Å². The number of carbonyl (C=O) groups is 2. The summed E-state index contributed by atoms with van der Waals surface area (Å²) in [5.41, 5.74) is -1.27. The summed E-state index contributed by atoms with van der Waals surface area (Å²) < 4.78 is 15.7. The predicted molar refractivity (Wildman–Crippen MR) is 69.6 cm³/mol. The molecule has 19 heavy (non-hydrogen) atoms. The minimum atomic E-state index is -1.27. The fourth-order valence-corrected chi connectivity index (χ4v) is 2.25. The van der Waals surface area contributed by atoms with Crippen LogP contribution in [0.4, 0.5) is 0 Å². The normalized spacial score (nSPS) is 19.8. The highest BCUT2D eigenvalue weighted by Gasteiger charge is 2.46. The Morgan fingerprint density at radius 2 is 1.74 bits per heavy atom. The van der Waals surface area contributed by atoms with Crippen LogP contribution in [0, 0.1) is 5.41 Å². The molecule has 1 fully saturated rings. The summed E-state index contributed by atoms with van der Waals surface area (Å²) in [5.74, 6) is -1.05. The Bertz CT molecular complexity index is 289.